The van der Waals surface area contributed by atoms with Gasteiger partial charge < -0.3 is 10.8 Å². The van der Waals surface area contributed by atoms with E-state index >= 15 is 0 Å². The normalized spacial score (nSPS) is 29.2. The zero-order valence-electron chi connectivity index (χ0n) is 9.69. The summed E-state index contributed by atoms with van der Waals surface area (Å²) in [6, 6.07) is 0.0241. The van der Waals surface area contributed by atoms with E-state index in [1.54, 1.807) is 10.9 Å². The highest BCUT2D eigenvalue weighted by atomic mass is 35.5. The van der Waals surface area contributed by atoms with Crippen LogP contribution in [0.25, 0.3) is 0 Å². The summed E-state index contributed by atoms with van der Waals surface area (Å²) in [5, 5.41) is 14.0. The Balaban J connectivity index is 2.20. The van der Waals surface area contributed by atoms with Crippen molar-refractivity contribution in [3.63, 3.8) is 0 Å². The van der Waals surface area contributed by atoms with Crippen molar-refractivity contribution in [2.24, 2.45) is 5.73 Å². The number of nitrogens with zero attached hydrogens (tertiary/aromatic N) is 2. The molecule has 1 heterocycles. The molecule has 0 saturated heterocycles. The fourth-order valence-electron chi connectivity index (χ4n) is 2.34. The van der Waals surface area contributed by atoms with Gasteiger partial charge in [0.05, 0.1) is 16.8 Å². The van der Waals surface area contributed by atoms with Gasteiger partial charge in [-0.05, 0) is 32.6 Å². The summed E-state index contributed by atoms with van der Waals surface area (Å²) in [5.74, 6) is -0.933. The summed E-state index contributed by atoms with van der Waals surface area (Å²) >= 11 is 5.95. The van der Waals surface area contributed by atoms with Crippen molar-refractivity contribution in [2.45, 2.75) is 44.2 Å². The molecule has 0 aliphatic heterocycles. The van der Waals surface area contributed by atoms with Gasteiger partial charge in [-0.1, -0.05) is 11.6 Å². The number of carbonyl (C=O) groups is 1. The number of rotatable bonds is 2. The minimum Gasteiger partial charge on any atom is -0.480 e. The third-order valence-electron chi connectivity index (χ3n) is 3.42. The summed E-state index contributed by atoms with van der Waals surface area (Å²) in [4.78, 5) is 11.1. The molecule has 2 unspecified atom stereocenters. The molecule has 1 aromatic heterocycles. The minimum absolute atomic E-state index is 0.0241. The smallest absolute Gasteiger partial charge is 0.323 e. The van der Waals surface area contributed by atoms with Crippen LogP contribution in [-0.2, 0) is 4.79 Å². The Morgan fingerprint density at radius 3 is 3.00 bits per heavy atom. The highest BCUT2D eigenvalue weighted by molar-refractivity contribution is 6.31. The standard InChI is InChI=1S/C11H16ClN3O2/c1-7-9(12)6-15(14-7)8-3-2-4-11(13,5-8)10(16)17/h6,8H,2-5,13H2,1H3,(H,16,17). The van der Waals surface area contributed by atoms with E-state index in [4.69, 9.17) is 22.4 Å². The van der Waals surface area contributed by atoms with Gasteiger partial charge >= 0.3 is 5.97 Å². The molecule has 6 heteroatoms. The van der Waals surface area contributed by atoms with Crippen LogP contribution in [0.4, 0.5) is 0 Å². The maximum Gasteiger partial charge on any atom is 0.323 e. The third kappa shape index (κ3) is 2.30. The quantitative estimate of drug-likeness (QED) is 0.846. The molecule has 17 heavy (non-hydrogen) atoms. The summed E-state index contributed by atoms with van der Waals surface area (Å²) in [5.41, 5.74) is 5.53. The van der Waals surface area contributed by atoms with Gasteiger partial charge in [0.2, 0.25) is 0 Å². The zero-order valence-corrected chi connectivity index (χ0v) is 10.4. The monoisotopic (exact) mass is 257 g/mol. The van der Waals surface area contributed by atoms with E-state index in [9.17, 15) is 4.79 Å². The van der Waals surface area contributed by atoms with Crippen molar-refractivity contribution < 1.29 is 9.90 Å². The molecule has 5 nitrogen and oxygen atoms in total. The van der Waals surface area contributed by atoms with Crippen LogP contribution in [0.3, 0.4) is 0 Å². The third-order valence-corrected chi connectivity index (χ3v) is 3.79. The van der Waals surface area contributed by atoms with Crippen molar-refractivity contribution in [1.82, 2.24) is 9.78 Å². The second-order valence-electron chi connectivity index (χ2n) is 4.75. The number of hydrogen-bond acceptors (Lipinski definition) is 3. The van der Waals surface area contributed by atoms with E-state index < -0.39 is 11.5 Å². The van der Waals surface area contributed by atoms with Crippen molar-refractivity contribution in [2.75, 3.05) is 0 Å². The van der Waals surface area contributed by atoms with Crippen LogP contribution in [0.15, 0.2) is 6.20 Å². The molecule has 94 valence electrons. The summed E-state index contributed by atoms with van der Waals surface area (Å²) in [7, 11) is 0. The molecular weight excluding hydrogens is 242 g/mol. The predicted octanol–water partition coefficient (Wildman–Crippen LogP) is 1.74. The molecule has 0 aromatic carbocycles. The van der Waals surface area contributed by atoms with Gasteiger partial charge in [-0.15, -0.1) is 0 Å². The molecule has 2 rings (SSSR count). The van der Waals surface area contributed by atoms with Crippen LogP contribution < -0.4 is 5.73 Å². The first-order valence-corrected chi connectivity index (χ1v) is 6.04. The molecule has 2 atom stereocenters. The fraction of sp³-hybridized carbons (Fsp3) is 0.636. The second kappa shape index (κ2) is 4.31. The van der Waals surface area contributed by atoms with E-state index in [0.29, 0.717) is 17.9 Å². The fourth-order valence-corrected chi connectivity index (χ4v) is 2.48. The lowest BCUT2D eigenvalue weighted by molar-refractivity contribution is -0.145. The lowest BCUT2D eigenvalue weighted by atomic mass is 9.80. The lowest BCUT2D eigenvalue weighted by Gasteiger charge is -2.34. The first-order chi connectivity index (χ1) is 7.92. The molecular formula is C11H16ClN3O2. The minimum atomic E-state index is -1.13. The van der Waals surface area contributed by atoms with Gasteiger partial charge in [0.1, 0.15) is 5.54 Å². The molecule has 0 amide bonds. The summed E-state index contributed by atoms with van der Waals surface area (Å²) < 4.78 is 1.75. The Bertz CT molecular complexity index is 426. The maximum atomic E-state index is 11.1. The Morgan fingerprint density at radius 1 is 1.76 bits per heavy atom. The molecule has 1 aliphatic carbocycles. The number of carboxylic acids is 1. The van der Waals surface area contributed by atoms with Gasteiger partial charge in [-0.2, -0.15) is 5.10 Å². The average molecular weight is 258 g/mol. The van der Waals surface area contributed by atoms with E-state index in [2.05, 4.69) is 5.10 Å². The molecule has 1 fully saturated rings. The number of carboxylic acid groups (broad SMARTS) is 1. The largest absolute Gasteiger partial charge is 0.480 e. The van der Waals surface area contributed by atoms with Crippen LogP contribution in [0.5, 0.6) is 0 Å². The topological polar surface area (TPSA) is 81.1 Å². The molecule has 3 N–H and O–H groups in total. The van der Waals surface area contributed by atoms with Crippen LogP contribution in [0.1, 0.15) is 37.4 Å². The Labute approximate surface area is 105 Å². The Hall–Kier alpha value is -1.07. The average Bonchev–Trinajstić information content (AvgIpc) is 2.59. The molecule has 0 bridgehead atoms. The number of halogens is 1. The number of aromatic nitrogens is 2. The first kappa shape index (κ1) is 12.4. The van der Waals surface area contributed by atoms with Gasteiger partial charge in [0, 0.05) is 6.20 Å². The van der Waals surface area contributed by atoms with E-state index in [-0.39, 0.29) is 6.04 Å². The maximum absolute atomic E-state index is 11.1. The SMILES string of the molecule is Cc1nn(C2CCCC(N)(C(=O)O)C2)cc1Cl. The Morgan fingerprint density at radius 2 is 2.47 bits per heavy atom. The van der Waals surface area contributed by atoms with Gasteiger partial charge in [-0.3, -0.25) is 9.48 Å². The predicted molar refractivity (Wildman–Crippen MR) is 64.0 cm³/mol. The van der Waals surface area contributed by atoms with Crippen molar-refractivity contribution >= 4 is 17.6 Å². The van der Waals surface area contributed by atoms with Gasteiger partial charge in [0.25, 0.3) is 0 Å². The highest BCUT2D eigenvalue weighted by Crippen LogP contribution is 2.34. The number of aryl methyl sites for hydroxylation is 1. The number of hydrogen-bond donors (Lipinski definition) is 2. The van der Waals surface area contributed by atoms with Crippen LogP contribution in [-0.4, -0.2) is 26.4 Å². The molecule has 0 spiro atoms. The summed E-state index contributed by atoms with van der Waals surface area (Å²) in [6.45, 7) is 1.83. The molecule has 0 radical (unpaired) electrons. The van der Waals surface area contributed by atoms with E-state index in [1.165, 1.54) is 0 Å². The van der Waals surface area contributed by atoms with Crippen molar-refractivity contribution in [1.29, 1.82) is 0 Å². The van der Waals surface area contributed by atoms with Gasteiger partial charge in [-0.25, -0.2) is 0 Å². The lowest BCUT2D eigenvalue weighted by Crippen LogP contribution is -2.51. The highest BCUT2D eigenvalue weighted by Gasteiger charge is 2.40. The molecule has 1 saturated carbocycles. The molecule has 1 aliphatic rings. The first-order valence-electron chi connectivity index (χ1n) is 5.66. The zero-order chi connectivity index (χ0) is 12.6. The van der Waals surface area contributed by atoms with Crippen molar-refractivity contribution in [3.8, 4) is 0 Å². The van der Waals surface area contributed by atoms with Crippen LogP contribution in [0, 0.1) is 6.92 Å². The van der Waals surface area contributed by atoms with Crippen molar-refractivity contribution in [3.05, 3.63) is 16.9 Å². The second-order valence-corrected chi connectivity index (χ2v) is 5.16. The molecule has 1 aromatic rings. The number of aliphatic carboxylic acids is 1. The van der Waals surface area contributed by atoms with Crippen LogP contribution in [0.2, 0.25) is 5.02 Å². The van der Waals surface area contributed by atoms with E-state index in [1.807, 2.05) is 6.92 Å². The Kier molecular flexibility index (Phi) is 3.14. The van der Waals surface area contributed by atoms with Crippen LogP contribution >= 0.6 is 11.6 Å². The van der Waals surface area contributed by atoms with Gasteiger partial charge in [0.15, 0.2) is 0 Å². The number of nitrogens with two attached hydrogens (primary N) is 1. The van der Waals surface area contributed by atoms with E-state index in [0.717, 1.165) is 18.5 Å². The summed E-state index contributed by atoms with van der Waals surface area (Å²) in [6.07, 6.45) is 4.36.